The smallest absolute Gasteiger partial charge is 0.122 e. The van der Waals surface area contributed by atoms with Crippen LogP contribution in [0.4, 0.5) is 0 Å². The molecule has 0 saturated heterocycles. The molecule has 1 atom stereocenters. The van der Waals surface area contributed by atoms with Gasteiger partial charge in [0.1, 0.15) is 10.1 Å². The van der Waals surface area contributed by atoms with Gasteiger partial charge in [0.2, 0.25) is 0 Å². The molecule has 0 radical (unpaired) electrons. The molecule has 2 aromatic rings. The van der Waals surface area contributed by atoms with Gasteiger partial charge in [0.15, 0.2) is 0 Å². The predicted molar refractivity (Wildman–Crippen MR) is 81.0 cm³/mol. The Kier molecular flexibility index (Phi) is 4.98. The van der Waals surface area contributed by atoms with Gasteiger partial charge in [0.05, 0.1) is 17.6 Å². The quantitative estimate of drug-likeness (QED) is 0.851. The van der Waals surface area contributed by atoms with E-state index in [-0.39, 0.29) is 0 Å². The fourth-order valence-corrected chi connectivity index (χ4v) is 3.57. The van der Waals surface area contributed by atoms with Gasteiger partial charge in [-0.3, -0.25) is 0 Å². The van der Waals surface area contributed by atoms with E-state index in [0.717, 1.165) is 5.56 Å². The van der Waals surface area contributed by atoms with Crippen LogP contribution in [0.15, 0.2) is 24.3 Å². The number of halogens is 3. The van der Waals surface area contributed by atoms with Crippen LogP contribution in [0.2, 0.25) is 13.7 Å². The number of methoxy groups -OCH3 is 1. The second-order valence-corrected chi connectivity index (χ2v) is 6.68. The Morgan fingerprint density at radius 3 is 2.58 bits per heavy atom. The van der Waals surface area contributed by atoms with Gasteiger partial charge >= 0.3 is 0 Å². The van der Waals surface area contributed by atoms with Crippen LogP contribution in [0.3, 0.4) is 0 Å². The van der Waals surface area contributed by atoms with Crippen LogP contribution in [0.25, 0.3) is 0 Å². The summed E-state index contributed by atoms with van der Waals surface area (Å²) in [5, 5.41) is 10.8. The highest BCUT2D eigenvalue weighted by Crippen LogP contribution is 2.37. The van der Waals surface area contributed by atoms with Gasteiger partial charge < -0.3 is 9.84 Å². The van der Waals surface area contributed by atoms with Crippen molar-refractivity contribution in [3.05, 3.63) is 49.1 Å². The summed E-state index contributed by atoms with van der Waals surface area (Å²) in [6.45, 7) is 0. The van der Waals surface area contributed by atoms with Crippen molar-refractivity contribution in [3.63, 3.8) is 0 Å². The Balaban J connectivity index is 2.25. The second kappa shape index (κ2) is 6.33. The van der Waals surface area contributed by atoms with Gasteiger partial charge in [-0.05, 0) is 29.8 Å². The van der Waals surface area contributed by atoms with E-state index in [0.29, 0.717) is 31.4 Å². The highest BCUT2D eigenvalue weighted by Gasteiger charge is 2.17. The van der Waals surface area contributed by atoms with Crippen LogP contribution in [-0.2, 0) is 6.42 Å². The lowest BCUT2D eigenvalue weighted by atomic mass is 10.0. The number of hydrogen-bond acceptors (Lipinski definition) is 3. The van der Waals surface area contributed by atoms with Gasteiger partial charge in [-0.1, -0.05) is 34.8 Å². The average molecular weight is 338 g/mol. The molecular weight excluding hydrogens is 327 g/mol. The first kappa shape index (κ1) is 14.9. The van der Waals surface area contributed by atoms with Gasteiger partial charge in [-0.2, -0.15) is 0 Å². The number of thiophene rings is 1. The summed E-state index contributed by atoms with van der Waals surface area (Å²) in [6.07, 6.45) is -0.389. The number of benzene rings is 1. The van der Waals surface area contributed by atoms with E-state index in [4.69, 9.17) is 39.5 Å². The molecule has 19 heavy (non-hydrogen) atoms. The number of rotatable bonds is 4. The molecule has 1 unspecified atom stereocenters. The highest BCUT2D eigenvalue weighted by atomic mass is 35.5. The van der Waals surface area contributed by atoms with Crippen molar-refractivity contribution in [2.45, 2.75) is 12.5 Å². The molecule has 102 valence electrons. The Labute approximate surface area is 130 Å². The molecule has 1 N–H and O–H groups in total. The molecule has 2 rings (SSSR count). The third-order valence-electron chi connectivity index (χ3n) is 2.70. The first-order valence-corrected chi connectivity index (χ1v) is 7.41. The summed E-state index contributed by atoms with van der Waals surface area (Å²) in [6, 6.07) is 6.96. The fourth-order valence-electron chi connectivity index (χ4n) is 1.81. The van der Waals surface area contributed by atoms with Crippen molar-refractivity contribution in [2.75, 3.05) is 7.11 Å². The van der Waals surface area contributed by atoms with E-state index >= 15 is 0 Å². The van der Waals surface area contributed by atoms with E-state index in [1.54, 1.807) is 31.4 Å². The van der Waals surface area contributed by atoms with Gasteiger partial charge in [0.25, 0.3) is 0 Å². The molecular formula is C13H11Cl3O2S. The van der Waals surface area contributed by atoms with E-state index in [1.165, 1.54) is 11.3 Å². The highest BCUT2D eigenvalue weighted by molar-refractivity contribution is 7.20. The monoisotopic (exact) mass is 336 g/mol. The van der Waals surface area contributed by atoms with Crippen molar-refractivity contribution in [1.29, 1.82) is 0 Å². The molecule has 0 bridgehead atoms. The lowest BCUT2D eigenvalue weighted by Crippen LogP contribution is -2.03. The average Bonchev–Trinajstić information content (AvgIpc) is 2.69. The van der Waals surface area contributed by atoms with E-state index in [9.17, 15) is 5.11 Å². The van der Waals surface area contributed by atoms with Crippen LogP contribution in [0.5, 0.6) is 5.75 Å². The molecule has 1 heterocycles. The maximum Gasteiger partial charge on any atom is 0.122 e. The van der Waals surface area contributed by atoms with Crippen LogP contribution in [0.1, 0.15) is 17.2 Å². The number of ether oxygens (including phenoxy) is 1. The van der Waals surface area contributed by atoms with Gasteiger partial charge in [-0.15, -0.1) is 11.3 Å². The second-order valence-electron chi connectivity index (χ2n) is 3.96. The lowest BCUT2D eigenvalue weighted by Gasteiger charge is -2.13. The standard InChI is InChI=1S/C13H11Cl3O2S/c1-18-11-3-2-8(14)4-7(11)5-10(17)9-6-12(15)19-13(9)16/h2-4,6,10,17H,5H2,1H3. The van der Waals surface area contributed by atoms with Gasteiger partial charge in [-0.25, -0.2) is 0 Å². The minimum atomic E-state index is -0.747. The number of hydrogen-bond donors (Lipinski definition) is 1. The fraction of sp³-hybridized carbons (Fsp3) is 0.231. The summed E-state index contributed by atoms with van der Waals surface area (Å²) < 4.78 is 6.30. The largest absolute Gasteiger partial charge is 0.496 e. The molecule has 0 aliphatic heterocycles. The topological polar surface area (TPSA) is 29.5 Å². The maximum atomic E-state index is 10.2. The van der Waals surface area contributed by atoms with E-state index in [2.05, 4.69) is 0 Å². The van der Waals surface area contributed by atoms with E-state index < -0.39 is 6.10 Å². The molecule has 2 nitrogen and oxygen atoms in total. The Bertz CT molecular complexity index is 583. The van der Waals surface area contributed by atoms with Crippen molar-refractivity contribution in [1.82, 2.24) is 0 Å². The minimum absolute atomic E-state index is 0.358. The van der Waals surface area contributed by atoms with Crippen LogP contribution >= 0.6 is 46.1 Å². The summed E-state index contributed by atoms with van der Waals surface area (Å²) in [4.78, 5) is 0. The Morgan fingerprint density at radius 2 is 2.00 bits per heavy atom. The number of aliphatic hydroxyl groups is 1. The zero-order valence-electron chi connectivity index (χ0n) is 9.99. The number of aliphatic hydroxyl groups excluding tert-OH is 1. The van der Waals surface area contributed by atoms with E-state index in [1.807, 2.05) is 0 Å². The molecule has 1 aromatic carbocycles. The normalized spacial score (nSPS) is 12.5. The first-order chi connectivity index (χ1) is 9.01. The third-order valence-corrected chi connectivity index (χ3v) is 4.45. The molecule has 6 heteroatoms. The Morgan fingerprint density at radius 1 is 1.26 bits per heavy atom. The molecule has 0 aliphatic rings. The third kappa shape index (κ3) is 3.56. The zero-order chi connectivity index (χ0) is 14.0. The zero-order valence-corrected chi connectivity index (χ0v) is 13.1. The van der Waals surface area contributed by atoms with Crippen molar-refractivity contribution >= 4 is 46.1 Å². The van der Waals surface area contributed by atoms with Crippen molar-refractivity contribution in [3.8, 4) is 5.75 Å². The van der Waals surface area contributed by atoms with Crippen molar-refractivity contribution < 1.29 is 9.84 Å². The summed E-state index contributed by atoms with van der Waals surface area (Å²) in [5.74, 6) is 0.681. The van der Waals surface area contributed by atoms with Gasteiger partial charge in [0, 0.05) is 17.0 Å². The predicted octanol–water partition coefficient (Wildman–Crippen LogP) is 4.99. The Hall–Kier alpha value is -0.450. The molecule has 0 aliphatic carbocycles. The molecule has 0 saturated carbocycles. The first-order valence-electron chi connectivity index (χ1n) is 5.46. The summed E-state index contributed by atoms with van der Waals surface area (Å²) >= 11 is 19.1. The minimum Gasteiger partial charge on any atom is -0.496 e. The maximum absolute atomic E-state index is 10.2. The molecule has 0 fully saturated rings. The SMILES string of the molecule is COc1ccc(Cl)cc1CC(O)c1cc(Cl)sc1Cl. The van der Waals surface area contributed by atoms with Crippen LogP contribution in [-0.4, -0.2) is 12.2 Å². The molecule has 0 amide bonds. The lowest BCUT2D eigenvalue weighted by molar-refractivity contribution is 0.178. The summed E-state index contributed by atoms with van der Waals surface area (Å²) in [7, 11) is 1.58. The molecule has 0 spiro atoms. The van der Waals surface area contributed by atoms with Crippen LogP contribution < -0.4 is 4.74 Å². The van der Waals surface area contributed by atoms with Crippen molar-refractivity contribution in [2.24, 2.45) is 0 Å². The summed E-state index contributed by atoms with van der Waals surface area (Å²) in [5.41, 5.74) is 1.44. The van der Waals surface area contributed by atoms with Crippen LogP contribution in [0, 0.1) is 0 Å². The molecule has 1 aromatic heterocycles.